The second kappa shape index (κ2) is 6.89. The lowest BCUT2D eigenvalue weighted by atomic mass is 10.0. The second-order valence-corrected chi connectivity index (χ2v) is 7.86. The summed E-state index contributed by atoms with van der Waals surface area (Å²) >= 11 is 0. The quantitative estimate of drug-likeness (QED) is 0.571. The van der Waals surface area contributed by atoms with Crippen LogP contribution >= 0.6 is 0 Å². The third-order valence-electron chi connectivity index (χ3n) is 5.96. The predicted octanol–water partition coefficient (Wildman–Crippen LogP) is 0.616. The van der Waals surface area contributed by atoms with Gasteiger partial charge in [-0.2, -0.15) is 4.68 Å². The number of alkyl halides is 1. The maximum atomic E-state index is 14.6. The van der Waals surface area contributed by atoms with Crippen LogP contribution in [-0.2, 0) is 4.74 Å². The summed E-state index contributed by atoms with van der Waals surface area (Å²) in [5, 5.41) is 0.407. The zero-order chi connectivity index (χ0) is 20.2. The van der Waals surface area contributed by atoms with Crippen LogP contribution < -0.4 is 27.7 Å². The van der Waals surface area contributed by atoms with E-state index in [1.54, 1.807) is 10.6 Å². The molecule has 1 saturated carbocycles. The number of hydrogen-bond donors (Lipinski definition) is 2. The summed E-state index contributed by atoms with van der Waals surface area (Å²) in [6, 6.07) is 3.55. The number of halogens is 1. The number of nitrogens with zero attached hydrogens (tertiary/aromatic N) is 3. The lowest BCUT2D eigenvalue weighted by molar-refractivity contribution is 0.0770. The molecule has 1 aliphatic carbocycles. The lowest BCUT2D eigenvalue weighted by Crippen LogP contribution is -2.44. The molecule has 3 atom stereocenters. The van der Waals surface area contributed by atoms with E-state index in [9.17, 15) is 14.0 Å². The fourth-order valence-corrected chi connectivity index (χ4v) is 4.26. The molecule has 2 aromatic rings. The van der Waals surface area contributed by atoms with Crippen LogP contribution in [0.5, 0.6) is 0 Å². The number of benzene rings is 1. The highest BCUT2D eigenvalue weighted by atomic mass is 19.1. The van der Waals surface area contributed by atoms with Gasteiger partial charge in [-0.25, -0.2) is 9.18 Å². The first-order chi connectivity index (χ1) is 13.3. The Hall–Kier alpha value is -2.39. The molecule has 0 radical (unpaired) electrons. The highest BCUT2D eigenvalue weighted by Crippen LogP contribution is 2.38. The number of aryl methyl sites for hydroxylation is 1. The molecule has 0 bridgehead atoms. The third-order valence-corrected chi connectivity index (χ3v) is 5.96. The summed E-state index contributed by atoms with van der Waals surface area (Å²) in [5.74, 6) is 5.48. The van der Waals surface area contributed by atoms with Crippen LogP contribution in [0.15, 0.2) is 21.7 Å². The Bertz CT molecular complexity index is 1030. The minimum Gasteiger partial charge on any atom is -0.368 e. The van der Waals surface area contributed by atoms with Crippen molar-refractivity contribution in [1.82, 2.24) is 9.24 Å². The second-order valence-electron chi connectivity index (χ2n) is 7.86. The van der Waals surface area contributed by atoms with Gasteiger partial charge in [0.2, 0.25) is 0 Å². The molecule has 0 spiro atoms. The van der Waals surface area contributed by atoms with Gasteiger partial charge in [-0.15, -0.1) is 0 Å². The van der Waals surface area contributed by atoms with Crippen molar-refractivity contribution >= 4 is 16.6 Å². The van der Waals surface area contributed by atoms with Gasteiger partial charge in [0.15, 0.2) is 0 Å². The largest absolute Gasteiger partial charge is 0.368 e. The predicted molar refractivity (Wildman–Crippen MR) is 106 cm³/mol. The van der Waals surface area contributed by atoms with E-state index < -0.39 is 23.6 Å². The van der Waals surface area contributed by atoms with Crippen LogP contribution in [0, 0.1) is 12.8 Å². The minimum atomic E-state index is -1.01. The van der Waals surface area contributed by atoms with Crippen LogP contribution in [0.4, 0.5) is 10.1 Å². The van der Waals surface area contributed by atoms with E-state index in [4.69, 9.17) is 16.3 Å². The van der Waals surface area contributed by atoms with Crippen LogP contribution in [-0.4, -0.2) is 41.8 Å². The van der Waals surface area contributed by atoms with Crippen LogP contribution in [0.3, 0.4) is 0 Å². The van der Waals surface area contributed by atoms with E-state index in [0.717, 1.165) is 24.1 Å². The minimum absolute atomic E-state index is 0.0549. The Morgan fingerprint density at radius 1 is 1.29 bits per heavy atom. The molecular formula is C19H26FN5O3. The average Bonchev–Trinajstić information content (AvgIpc) is 3.44. The van der Waals surface area contributed by atoms with Crippen molar-refractivity contribution in [2.24, 2.45) is 11.7 Å². The molecule has 28 heavy (non-hydrogen) atoms. The van der Waals surface area contributed by atoms with E-state index >= 15 is 0 Å². The SMILES string of the molecule is CO[C@H](N)C[C@@H]1CN(c2ccc3c(=O)n(N)c(=O)n(C4CC4)c3c2C)C[C@@H]1F. The van der Waals surface area contributed by atoms with Crippen molar-refractivity contribution < 1.29 is 9.13 Å². The maximum absolute atomic E-state index is 14.6. The first-order valence-corrected chi connectivity index (χ1v) is 9.56. The molecule has 4 rings (SSSR count). The summed E-state index contributed by atoms with van der Waals surface area (Å²) in [4.78, 5) is 27.1. The number of fused-ring (bicyclic) bond motifs is 1. The molecule has 8 nitrogen and oxygen atoms in total. The summed E-state index contributed by atoms with van der Waals surface area (Å²) < 4.78 is 22.0. The zero-order valence-corrected chi connectivity index (χ0v) is 16.1. The van der Waals surface area contributed by atoms with E-state index in [1.807, 2.05) is 17.9 Å². The van der Waals surface area contributed by atoms with Gasteiger partial charge < -0.3 is 21.2 Å². The molecule has 2 aliphatic rings. The van der Waals surface area contributed by atoms with Gasteiger partial charge in [-0.05, 0) is 43.9 Å². The van der Waals surface area contributed by atoms with Gasteiger partial charge in [0.25, 0.3) is 5.56 Å². The standard InChI is InChI=1S/C19H26FN5O3/c1-10-15(23-8-11(14(20)9-23)7-16(21)28-2)6-5-13-17(10)24(12-3-4-12)19(27)25(22)18(13)26/h5-6,11-12,14,16H,3-4,7-9,21-22H2,1-2H3/t11-,14+,16+/m1/s1. The Morgan fingerprint density at radius 3 is 2.64 bits per heavy atom. The summed E-state index contributed by atoms with van der Waals surface area (Å²) in [6.45, 7) is 2.62. The van der Waals surface area contributed by atoms with E-state index in [-0.39, 0.29) is 18.5 Å². The van der Waals surface area contributed by atoms with E-state index in [2.05, 4.69) is 0 Å². The number of hydrogen-bond acceptors (Lipinski definition) is 6. The molecule has 0 unspecified atom stereocenters. The first-order valence-electron chi connectivity index (χ1n) is 9.56. The Kier molecular flexibility index (Phi) is 4.67. The normalized spacial score (nSPS) is 23.5. The molecule has 1 aromatic heterocycles. The third kappa shape index (κ3) is 2.98. The molecule has 2 heterocycles. The van der Waals surface area contributed by atoms with Crippen LogP contribution in [0.25, 0.3) is 10.9 Å². The van der Waals surface area contributed by atoms with Gasteiger partial charge in [-0.1, -0.05) is 0 Å². The number of anilines is 1. The summed E-state index contributed by atoms with van der Waals surface area (Å²) in [6.07, 6.45) is 0.683. The van der Waals surface area contributed by atoms with E-state index in [0.29, 0.717) is 28.5 Å². The Balaban J connectivity index is 1.79. The Labute approximate surface area is 161 Å². The molecule has 152 valence electrons. The number of aromatic nitrogens is 2. The zero-order valence-electron chi connectivity index (χ0n) is 16.1. The smallest absolute Gasteiger partial charge is 0.350 e. The number of nitrogen functional groups attached to an aromatic ring is 1. The monoisotopic (exact) mass is 391 g/mol. The van der Waals surface area contributed by atoms with Crippen molar-refractivity contribution in [2.75, 3.05) is 30.9 Å². The van der Waals surface area contributed by atoms with Crippen LogP contribution in [0.1, 0.15) is 30.9 Å². The van der Waals surface area contributed by atoms with Crippen LogP contribution in [0.2, 0.25) is 0 Å². The van der Waals surface area contributed by atoms with Gasteiger partial charge in [0.1, 0.15) is 12.4 Å². The lowest BCUT2D eigenvalue weighted by Gasteiger charge is -2.23. The molecule has 4 N–H and O–H groups in total. The number of nitrogens with two attached hydrogens (primary N) is 2. The van der Waals surface area contributed by atoms with Gasteiger partial charge >= 0.3 is 5.69 Å². The topological polar surface area (TPSA) is 109 Å². The molecule has 9 heteroatoms. The molecule has 2 fully saturated rings. The summed E-state index contributed by atoms with van der Waals surface area (Å²) in [7, 11) is 1.51. The summed E-state index contributed by atoms with van der Waals surface area (Å²) in [5.41, 5.74) is 7.02. The van der Waals surface area contributed by atoms with Crippen molar-refractivity contribution in [3.63, 3.8) is 0 Å². The molecule has 1 aliphatic heterocycles. The van der Waals surface area contributed by atoms with Crippen molar-refractivity contribution in [3.05, 3.63) is 38.5 Å². The average molecular weight is 391 g/mol. The fraction of sp³-hybridized carbons (Fsp3) is 0.579. The maximum Gasteiger partial charge on any atom is 0.350 e. The number of rotatable bonds is 5. The Morgan fingerprint density at radius 2 is 2.00 bits per heavy atom. The first kappa shape index (κ1) is 18.9. The number of ether oxygens (including phenoxy) is 1. The van der Waals surface area contributed by atoms with Crippen molar-refractivity contribution in [1.29, 1.82) is 0 Å². The van der Waals surface area contributed by atoms with E-state index in [1.165, 1.54) is 7.11 Å². The molecule has 0 amide bonds. The van der Waals surface area contributed by atoms with Gasteiger partial charge in [0, 0.05) is 37.8 Å². The van der Waals surface area contributed by atoms with Gasteiger partial charge in [-0.3, -0.25) is 9.36 Å². The molecular weight excluding hydrogens is 365 g/mol. The van der Waals surface area contributed by atoms with Crippen molar-refractivity contribution in [2.45, 2.75) is 44.6 Å². The highest BCUT2D eigenvalue weighted by molar-refractivity contribution is 5.87. The molecule has 1 saturated heterocycles. The van der Waals surface area contributed by atoms with Crippen molar-refractivity contribution in [3.8, 4) is 0 Å². The highest BCUT2D eigenvalue weighted by Gasteiger charge is 2.35. The van der Waals surface area contributed by atoms with Gasteiger partial charge in [0.05, 0.1) is 10.9 Å². The fourth-order valence-electron chi connectivity index (χ4n) is 4.26. The number of methoxy groups -OCH3 is 1. The molecule has 1 aromatic carbocycles.